The zero-order valence-electron chi connectivity index (χ0n) is 16.1. The van der Waals surface area contributed by atoms with Gasteiger partial charge in [-0.2, -0.15) is 5.26 Å². The molecule has 0 unspecified atom stereocenters. The Morgan fingerprint density at radius 1 is 1.03 bits per heavy atom. The number of fused-ring (bicyclic) bond motifs is 1. The maximum atomic E-state index is 11.1. The summed E-state index contributed by atoms with van der Waals surface area (Å²) in [5.41, 5.74) is 4.99. The number of nitriles is 1. The fraction of sp³-hybridized carbons (Fsp3) is 0. The van der Waals surface area contributed by atoms with Crippen molar-refractivity contribution in [3.8, 4) is 39.0 Å². The molecule has 0 spiro atoms. The first-order valence-corrected chi connectivity index (χ1v) is 10.3. The van der Waals surface area contributed by atoms with Gasteiger partial charge in [0.05, 0.1) is 26.8 Å². The second-order valence-electron chi connectivity index (χ2n) is 6.92. The van der Waals surface area contributed by atoms with E-state index in [1.165, 1.54) is 12.1 Å². The number of pyridine rings is 1. The van der Waals surface area contributed by atoms with Crippen molar-refractivity contribution in [1.82, 2.24) is 9.97 Å². The minimum atomic E-state index is -0.435. The number of nitro benzene ring substituents is 1. The molecular formula is C24H14N4O2S. The number of non-ortho nitro benzene ring substituents is 1. The summed E-state index contributed by atoms with van der Waals surface area (Å²) in [4.78, 5) is 19.7. The van der Waals surface area contributed by atoms with Gasteiger partial charge in [-0.3, -0.25) is 10.1 Å². The molecule has 0 saturated carbocycles. The summed E-state index contributed by atoms with van der Waals surface area (Å²) in [6.07, 6.45) is 1.87. The first-order valence-electron chi connectivity index (χ1n) is 9.46. The van der Waals surface area contributed by atoms with Gasteiger partial charge in [-0.15, -0.1) is 11.3 Å². The number of hydrogen-bond donors (Lipinski definition) is 1. The molecule has 0 atom stereocenters. The number of benzene rings is 2. The molecule has 7 heteroatoms. The van der Waals surface area contributed by atoms with Crippen molar-refractivity contribution in [2.45, 2.75) is 0 Å². The molecule has 2 aromatic carbocycles. The summed E-state index contributed by atoms with van der Waals surface area (Å²) in [7, 11) is 0. The number of H-pyrrole nitrogens is 1. The van der Waals surface area contributed by atoms with Crippen LogP contribution in [0.5, 0.6) is 0 Å². The van der Waals surface area contributed by atoms with Gasteiger partial charge in [-0.25, -0.2) is 4.98 Å². The highest BCUT2D eigenvalue weighted by Gasteiger charge is 2.20. The number of thiophene rings is 1. The van der Waals surface area contributed by atoms with Gasteiger partial charge >= 0.3 is 0 Å². The smallest absolute Gasteiger partial charge is 0.269 e. The summed E-state index contributed by atoms with van der Waals surface area (Å²) in [6, 6.07) is 22.3. The van der Waals surface area contributed by atoms with Crippen molar-refractivity contribution < 1.29 is 4.92 Å². The van der Waals surface area contributed by atoms with Crippen molar-refractivity contribution in [2.24, 2.45) is 0 Å². The monoisotopic (exact) mass is 422 g/mol. The van der Waals surface area contributed by atoms with Gasteiger partial charge in [0.1, 0.15) is 6.07 Å². The molecule has 31 heavy (non-hydrogen) atoms. The van der Waals surface area contributed by atoms with Gasteiger partial charge in [-0.05, 0) is 41.3 Å². The van der Waals surface area contributed by atoms with Crippen LogP contribution in [0, 0.1) is 21.4 Å². The number of hydrogen-bond acceptors (Lipinski definition) is 5. The van der Waals surface area contributed by atoms with Crippen LogP contribution in [0.4, 0.5) is 5.69 Å². The van der Waals surface area contributed by atoms with Crippen molar-refractivity contribution in [1.29, 1.82) is 5.26 Å². The molecule has 1 N–H and O–H groups in total. The van der Waals surface area contributed by atoms with Crippen LogP contribution in [0.25, 0.3) is 43.9 Å². The van der Waals surface area contributed by atoms with E-state index in [4.69, 9.17) is 4.98 Å². The fourth-order valence-electron chi connectivity index (χ4n) is 3.66. The zero-order valence-corrected chi connectivity index (χ0v) is 16.9. The van der Waals surface area contributed by atoms with Crippen LogP contribution < -0.4 is 0 Å². The molecular weight excluding hydrogens is 408 g/mol. The molecule has 0 aliphatic heterocycles. The predicted octanol–water partition coefficient (Wildman–Crippen LogP) is 6.41. The third-order valence-electron chi connectivity index (χ3n) is 5.14. The Labute approximate surface area is 181 Å². The van der Waals surface area contributed by atoms with E-state index in [-0.39, 0.29) is 5.69 Å². The molecule has 6 nitrogen and oxygen atoms in total. The van der Waals surface area contributed by atoms with Crippen LogP contribution in [0.1, 0.15) is 5.56 Å². The summed E-state index contributed by atoms with van der Waals surface area (Å²) < 4.78 is 0. The molecule has 148 valence electrons. The van der Waals surface area contributed by atoms with E-state index in [0.717, 1.165) is 32.6 Å². The van der Waals surface area contributed by atoms with Crippen molar-refractivity contribution in [3.63, 3.8) is 0 Å². The van der Waals surface area contributed by atoms with Gasteiger partial charge in [0.15, 0.2) is 0 Å². The molecule has 5 rings (SSSR count). The molecule has 3 heterocycles. The Hall–Kier alpha value is -4.28. The second kappa shape index (κ2) is 7.52. The number of nitro groups is 1. The molecule has 0 aliphatic carbocycles. The lowest BCUT2D eigenvalue weighted by molar-refractivity contribution is -0.384. The van der Waals surface area contributed by atoms with Crippen molar-refractivity contribution in [3.05, 3.63) is 94.0 Å². The quantitative estimate of drug-likeness (QED) is 0.267. The van der Waals surface area contributed by atoms with E-state index in [1.807, 2.05) is 54.0 Å². The maximum Gasteiger partial charge on any atom is 0.269 e. The maximum absolute atomic E-state index is 11.1. The Bertz CT molecular complexity index is 1460. The third kappa shape index (κ3) is 3.25. The molecule has 0 bridgehead atoms. The van der Waals surface area contributed by atoms with E-state index in [9.17, 15) is 15.4 Å². The van der Waals surface area contributed by atoms with E-state index in [1.54, 1.807) is 23.5 Å². The molecule has 0 radical (unpaired) electrons. The minimum Gasteiger partial charge on any atom is -0.360 e. The minimum absolute atomic E-state index is 0.00615. The van der Waals surface area contributed by atoms with Gasteiger partial charge in [-0.1, -0.05) is 24.3 Å². The van der Waals surface area contributed by atoms with Gasteiger partial charge in [0.25, 0.3) is 5.69 Å². The van der Waals surface area contributed by atoms with Gasteiger partial charge in [0, 0.05) is 40.4 Å². The van der Waals surface area contributed by atoms with Crippen molar-refractivity contribution >= 4 is 27.9 Å². The number of nitrogens with zero attached hydrogens (tertiary/aromatic N) is 3. The third-order valence-corrected chi connectivity index (χ3v) is 6.03. The number of aromatic nitrogens is 2. The Morgan fingerprint density at radius 2 is 1.84 bits per heavy atom. The highest BCUT2D eigenvalue weighted by molar-refractivity contribution is 7.13. The van der Waals surface area contributed by atoms with Crippen LogP contribution in [0.3, 0.4) is 0 Å². The van der Waals surface area contributed by atoms with Gasteiger partial charge in [0.2, 0.25) is 0 Å². The number of aromatic amines is 1. The Kier molecular flexibility index (Phi) is 4.54. The highest BCUT2D eigenvalue weighted by atomic mass is 32.1. The van der Waals surface area contributed by atoms with E-state index in [0.29, 0.717) is 16.8 Å². The highest BCUT2D eigenvalue weighted by Crippen LogP contribution is 2.38. The molecule has 0 aliphatic rings. The van der Waals surface area contributed by atoms with E-state index < -0.39 is 4.92 Å². The van der Waals surface area contributed by atoms with Crippen LogP contribution in [-0.2, 0) is 0 Å². The predicted molar refractivity (Wildman–Crippen MR) is 122 cm³/mol. The molecule has 3 aromatic heterocycles. The normalized spacial score (nSPS) is 10.8. The molecule has 5 aromatic rings. The summed E-state index contributed by atoms with van der Waals surface area (Å²) in [5, 5.41) is 24.1. The standard InChI is InChI=1S/C24H14N4O2S/c25-13-19-18(15-7-9-16(10-8-15)28(29)30)12-22(23-6-3-11-31-23)27-24(19)20-14-26-21-5-2-1-4-17(20)21/h1-12,14,26H. The molecule has 0 saturated heterocycles. The van der Waals surface area contributed by atoms with Crippen LogP contribution in [0.15, 0.2) is 78.3 Å². The Morgan fingerprint density at radius 3 is 2.55 bits per heavy atom. The number of para-hydroxylation sites is 1. The molecule has 0 fully saturated rings. The zero-order chi connectivity index (χ0) is 21.4. The number of nitrogens with one attached hydrogen (secondary N) is 1. The van der Waals surface area contributed by atoms with E-state index >= 15 is 0 Å². The van der Waals surface area contributed by atoms with Crippen LogP contribution in [-0.4, -0.2) is 14.9 Å². The lowest BCUT2D eigenvalue weighted by Gasteiger charge is -2.12. The largest absolute Gasteiger partial charge is 0.360 e. The first kappa shape index (κ1) is 18.7. The van der Waals surface area contributed by atoms with Gasteiger partial charge < -0.3 is 4.98 Å². The number of rotatable bonds is 4. The van der Waals surface area contributed by atoms with E-state index in [2.05, 4.69) is 11.1 Å². The fourth-order valence-corrected chi connectivity index (χ4v) is 4.35. The second-order valence-corrected chi connectivity index (χ2v) is 7.87. The summed E-state index contributed by atoms with van der Waals surface area (Å²) >= 11 is 1.57. The van der Waals surface area contributed by atoms with Crippen LogP contribution in [0.2, 0.25) is 0 Å². The van der Waals surface area contributed by atoms with Crippen molar-refractivity contribution in [2.75, 3.05) is 0 Å². The topological polar surface area (TPSA) is 95.6 Å². The Balaban J connectivity index is 1.80. The summed E-state index contributed by atoms with van der Waals surface area (Å²) in [6.45, 7) is 0. The summed E-state index contributed by atoms with van der Waals surface area (Å²) in [5.74, 6) is 0. The lowest BCUT2D eigenvalue weighted by Crippen LogP contribution is -1.96. The molecule has 0 amide bonds. The SMILES string of the molecule is N#Cc1c(-c2ccc([N+](=O)[O-])cc2)cc(-c2cccs2)nc1-c1c[nH]c2ccccc12. The van der Waals surface area contributed by atoms with Crippen LogP contribution >= 0.6 is 11.3 Å². The average molecular weight is 422 g/mol. The lowest BCUT2D eigenvalue weighted by atomic mass is 9.95. The average Bonchev–Trinajstić information content (AvgIpc) is 3.48. The first-order chi connectivity index (χ1) is 15.2.